The average molecular weight is 512 g/mol. The zero-order valence-corrected chi connectivity index (χ0v) is 21.5. The number of aromatic nitrogens is 3. The summed E-state index contributed by atoms with van der Waals surface area (Å²) >= 11 is 0. The lowest BCUT2D eigenvalue weighted by Crippen LogP contribution is -2.36. The van der Waals surface area contributed by atoms with Gasteiger partial charge in [0.25, 0.3) is 6.43 Å². The maximum atomic E-state index is 13.0. The number of hydrogen-bond acceptors (Lipinski definition) is 7. The minimum atomic E-state index is -2.57. The van der Waals surface area contributed by atoms with Gasteiger partial charge in [0.15, 0.2) is 0 Å². The summed E-state index contributed by atoms with van der Waals surface area (Å²) < 4.78 is 26.0. The van der Waals surface area contributed by atoms with Gasteiger partial charge < -0.3 is 20.5 Å². The van der Waals surface area contributed by atoms with Crippen LogP contribution < -0.4 is 5.32 Å². The fourth-order valence-corrected chi connectivity index (χ4v) is 4.62. The van der Waals surface area contributed by atoms with Crippen molar-refractivity contribution in [1.29, 1.82) is 0 Å². The standard InChI is InChI=1S/C26H30F2N4O2.C2H5N/c1-16-11-21(31-24(12-16)32-23-13-18(25(27)28)9-10-29-23)19-5-8-22(30-14-19)26(2,34)20-6-3-17(15-33)4-7-20;1-3-2/h5,8-14,17,20,25,33-34H,3-4,6-7,15H2,1-2H3,(H,29,31,32);1H2,2H3. The summed E-state index contributed by atoms with van der Waals surface area (Å²) in [5, 5.41) is 23.6. The molecule has 3 aromatic heterocycles. The van der Waals surface area contributed by atoms with Crippen molar-refractivity contribution in [3.63, 3.8) is 0 Å². The Labute approximate surface area is 216 Å². The molecule has 3 N–H and O–H groups in total. The molecule has 1 fully saturated rings. The minimum Gasteiger partial charge on any atom is -0.396 e. The topological polar surface area (TPSA) is 104 Å². The summed E-state index contributed by atoms with van der Waals surface area (Å²) in [5.41, 5.74) is 1.85. The van der Waals surface area contributed by atoms with Crippen molar-refractivity contribution in [1.82, 2.24) is 15.0 Å². The van der Waals surface area contributed by atoms with Crippen LogP contribution in [0.15, 0.2) is 53.8 Å². The first kappa shape index (κ1) is 28.3. The Morgan fingerprint density at radius 2 is 1.81 bits per heavy atom. The molecule has 1 atom stereocenters. The number of alkyl halides is 2. The van der Waals surface area contributed by atoms with Gasteiger partial charge in [0.2, 0.25) is 0 Å². The van der Waals surface area contributed by atoms with Crippen LogP contribution in [0.2, 0.25) is 0 Å². The third kappa shape index (κ3) is 7.36. The number of aliphatic imine (C=N–C) groups is 1. The Bertz CT molecular complexity index is 1160. The number of nitrogens with zero attached hydrogens (tertiary/aromatic N) is 4. The predicted octanol–water partition coefficient (Wildman–Crippen LogP) is 5.85. The first-order valence-electron chi connectivity index (χ1n) is 12.3. The molecular weight excluding hydrogens is 476 g/mol. The summed E-state index contributed by atoms with van der Waals surface area (Å²) in [6.07, 6.45) is 4.00. The molecule has 0 saturated heterocycles. The SMILES string of the molecule is C=NC.Cc1cc(Nc2cc(C(F)F)ccn2)nc(-c2ccc(C(C)(O)C3CCC(CO)CC3)nc2)c1. The van der Waals surface area contributed by atoms with E-state index in [2.05, 4.69) is 32.0 Å². The lowest BCUT2D eigenvalue weighted by atomic mass is 9.73. The Morgan fingerprint density at radius 1 is 1.11 bits per heavy atom. The molecule has 0 aliphatic heterocycles. The van der Waals surface area contributed by atoms with Gasteiger partial charge in [0, 0.05) is 37.2 Å². The van der Waals surface area contributed by atoms with Gasteiger partial charge in [0.05, 0.1) is 11.4 Å². The Hall–Kier alpha value is -3.30. The third-order valence-electron chi connectivity index (χ3n) is 6.74. The summed E-state index contributed by atoms with van der Waals surface area (Å²) in [5.74, 6) is 1.21. The van der Waals surface area contributed by atoms with E-state index in [9.17, 15) is 19.0 Å². The number of rotatable bonds is 7. The number of aliphatic hydroxyl groups is 2. The van der Waals surface area contributed by atoms with Crippen molar-refractivity contribution in [3.8, 4) is 11.3 Å². The summed E-state index contributed by atoms with van der Waals surface area (Å²) in [6, 6.07) is 10.0. The molecule has 0 spiro atoms. The first-order chi connectivity index (χ1) is 17.7. The molecule has 4 rings (SSSR count). The number of hydrogen-bond donors (Lipinski definition) is 3. The predicted molar refractivity (Wildman–Crippen MR) is 142 cm³/mol. The van der Waals surface area contributed by atoms with Crippen molar-refractivity contribution in [2.24, 2.45) is 16.8 Å². The molecule has 0 amide bonds. The van der Waals surface area contributed by atoms with Crippen LogP contribution in [-0.2, 0) is 5.60 Å². The second-order valence-electron chi connectivity index (χ2n) is 9.61. The number of anilines is 2. The van der Waals surface area contributed by atoms with Crippen LogP contribution in [0.25, 0.3) is 11.3 Å². The van der Waals surface area contributed by atoms with Gasteiger partial charge in [-0.2, -0.15) is 0 Å². The van der Waals surface area contributed by atoms with Crippen molar-refractivity contribution in [3.05, 3.63) is 65.6 Å². The van der Waals surface area contributed by atoms with Gasteiger partial charge in [-0.25, -0.2) is 18.7 Å². The van der Waals surface area contributed by atoms with Crippen LogP contribution in [-0.4, -0.2) is 45.5 Å². The number of aryl methyl sites for hydroxylation is 1. The van der Waals surface area contributed by atoms with Gasteiger partial charge in [-0.1, -0.05) is 0 Å². The average Bonchev–Trinajstić information content (AvgIpc) is 2.89. The minimum absolute atomic E-state index is 0.0954. The second-order valence-corrected chi connectivity index (χ2v) is 9.61. The van der Waals surface area contributed by atoms with E-state index in [1.54, 1.807) is 13.2 Å². The molecule has 3 aromatic rings. The fourth-order valence-electron chi connectivity index (χ4n) is 4.62. The van der Waals surface area contributed by atoms with Crippen LogP contribution in [0.5, 0.6) is 0 Å². The normalized spacial score (nSPS) is 18.9. The summed E-state index contributed by atoms with van der Waals surface area (Å²) in [4.78, 5) is 16.5. The van der Waals surface area contributed by atoms with Crippen LogP contribution in [0, 0.1) is 18.8 Å². The highest BCUT2D eigenvalue weighted by molar-refractivity contribution is 5.64. The van der Waals surface area contributed by atoms with E-state index in [0.717, 1.165) is 36.8 Å². The third-order valence-corrected chi connectivity index (χ3v) is 6.74. The first-order valence-corrected chi connectivity index (χ1v) is 12.3. The van der Waals surface area contributed by atoms with Gasteiger partial charge in [-0.3, -0.25) is 4.98 Å². The largest absolute Gasteiger partial charge is 0.396 e. The fraction of sp³-hybridized carbons (Fsp3) is 0.429. The van der Waals surface area contributed by atoms with E-state index in [1.807, 2.05) is 38.1 Å². The maximum absolute atomic E-state index is 13.0. The number of aliphatic hydroxyl groups excluding tert-OH is 1. The van der Waals surface area contributed by atoms with E-state index in [-0.39, 0.29) is 18.1 Å². The highest BCUT2D eigenvalue weighted by Crippen LogP contribution is 2.40. The lowest BCUT2D eigenvalue weighted by molar-refractivity contribution is -0.0340. The van der Waals surface area contributed by atoms with Crippen molar-refractivity contribution >= 4 is 18.4 Å². The number of nitrogens with one attached hydrogen (secondary N) is 1. The molecule has 37 heavy (non-hydrogen) atoms. The molecule has 0 aromatic carbocycles. The molecule has 1 unspecified atom stereocenters. The Balaban J connectivity index is 0.00000121. The van der Waals surface area contributed by atoms with Gasteiger partial charge in [-0.15, -0.1) is 0 Å². The van der Waals surface area contributed by atoms with Crippen molar-refractivity contribution in [2.45, 2.75) is 51.6 Å². The molecule has 9 heteroatoms. The van der Waals surface area contributed by atoms with Crippen LogP contribution in [0.1, 0.15) is 55.9 Å². The molecule has 3 heterocycles. The zero-order valence-electron chi connectivity index (χ0n) is 21.5. The number of halogens is 2. The molecule has 1 aliphatic carbocycles. The van der Waals surface area contributed by atoms with E-state index in [4.69, 9.17) is 0 Å². The molecule has 7 nitrogen and oxygen atoms in total. The van der Waals surface area contributed by atoms with Gasteiger partial charge in [0.1, 0.15) is 17.2 Å². The van der Waals surface area contributed by atoms with Gasteiger partial charge in [-0.05, 0) is 100 Å². The van der Waals surface area contributed by atoms with Crippen molar-refractivity contribution in [2.75, 3.05) is 19.0 Å². The van der Waals surface area contributed by atoms with Gasteiger partial charge >= 0.3 is 0 Å². The maximum Gasteiger partial charge on any atom is 0.264 e. The highest BCUT2D eigenvalue weighted by atomic mass is 19.3. The van der Waals surface area contributed by atoms with Crippen LogP contribution >= 0.6 is 0 Å². The van der Waals surface area contributed by atoms with Crippen LogP contribution in [0.3, 0.4) is 0 Å². The second kappa shape index (κ2) is 12.8. The van der Waals surface area contributed by atoms with E-state index >= 15 is 0 Å². The van der Waals surface area contributed by atoms with E-state index in [1.165, 1.54) is 18.3 Å². The molecule has 0 radical (unpaired) electrons. The summed E-state index contributed by atoms with van der Waals surface area (Å²) in [6.45, 7) is 7.05. The summed E-state index contributed by atoms with van der Waals surface area (Å²) in [7, 11) is 1.64. The molecule has 1 saturated carbocycles. The Morgan fingerprint density at radius 3 is 2.41 bits per heavy atom. The van der Waals surface area contributed by atoms with Crippen molar-refractivity contribution < 1.29 is 19.0 Å². The quantitative estimate of drug-likeness (QED) is 0.344. The highest BCUT2D eigenvalue weighted by Gasteiger charge is 2.37. The van der Waals surface area contributed by atoms with E-state index < -0.39 is 12.0 Å². The lowest BCUT2D eigenvalue weighted by Gasteiger charge is -2.37. The zero-order chi connectivity index (χ0) is 27.0. The molecule has 198 valence electrons. The monoisotopic (exact) mass is 511 g/mol. The number of pyridine rings is 3. The Kier molecular flexibility index (Phi) is 9.77. The smallest absolute Gasteiger partial charge is 0.264 e. The van der Waals surface area contributed by atoms with E-state index in [0.29, 0.717) is 28.9 Å². The molecular formula is C28H35F2N5O2. The van der Waals surface area contributed by atoms with Crippen LogP contribution in [0.4, 0.5) is 20.4 Å². The molecule has 1 aliphatic rings. The molecule has 0 bridgehead atoms.